The van der Waals surface area contributed by atoms with Crippen LogP contribution in [0, 0.1) is 5.92 Å². The number of nitrogens with two attached hydrogens (primary N) is 1. The molecule has 2 amide bonds. The van der Waals surface area contributed by atoms with Crippen molar-refractivity contribution in [3.63, 3.8) is 0 Å². The fourth-order valence-corrected chi connectivity index (χ4v) is 2.19. The van der Waals surface area contributed by atoms with E-state index in [0.717, 1.165) is 12.8 Å². The zero-order chi connectivity index (χ0) is 11.6. The van der Waals surface area contributed by atoms with Crippen LogP contribution in [-0.2, 0) is 9.59 Å². The van der Waals surface area contributed by atoms with Crippen molar-refractivity contribution in [1.29, 1.82) is 0 Å². The Labute approximate surface area is 90.8 Å². The highest BCUT2D eigenvalue weighted by molar-refractivity contribution is 5.88. The van der Waals surface area contributed by atoms with Crippen LogP contribution in [0.1, 0.15) is 40.0 Å². The summed E-state index contributed by atoms with van der Waals surface area (Å²) in [6.45, 7) is 5.95. The summed E-state index contributed by atoms with van der Waals surface area (Å²) in [4.78, 5) is 24.8. The zero-order valence-electron chi connectivity index (χ0n) is 9.69. The Morgan fingerprint density at radius 3 is 2.60 bits per heavy atom. The zero-order valence-corrected chi connectivity index (χ0v) is 9.69. The predicted molar refractivity (Wildman–Crippen MR) is 58.0 cm³/mol. The number of nitrogens with zero attached hydrogens (tertiary/aromatic N) is 1. The van der Waals surface area contributed by atoms with E-state index in [4.69, 9.17) is 5.73 Å². The van der Waals surface area contributed by atoms with E-state index < -0.39 is 6.04 Å². The van der Waals surface area contributed by atoms with Crippen molar-refractivity contribution in [2.75, 3.05) is 0 Å². The van der Waals surface area contributed by atoms with Crippen LogP contribution in [0.4, 0.5) is 0 Å². The minimum atomic E-state index is -0.431. The second-order valence-corrected chi connectivity index (χ2v) is 4.42. The highest BCUT2D eigenvalue weighted by Gasteiger charge is 2.38. The molecule has 0 bridgehead atoms. The lowest BCUT2D eigenvalue weighted by Gasteiger charge is -2.33. The summed E-state index contributed by atoms with van der Waals surface area (Å²) < 4.78 is 0. The van der Waals surface area contributed by atoms with Gasteiger partial charge in [-0.3, -0.25) is 9.59 Å². The highest BCUT2D eigenvalue weighted by Crippen LogP contribution is 2.25. The maximum Gasteiger partial charge on any atom is 0.240 e. The lowest BCUT2D eigenvalue weighted by atomic mass is 9.96. The van der Waals surface area contributed by atoms with E-state index in [2.05, 4.69) is 0 Å². The van der Waals surface area contributed by atoms with Crippen LogP contribution >= 0.6 is 0 Å². The van der Waals surface area contributed by atoms with Gasteiger partial charge in [-0.15, -0.1) is 0 Å². The second-order valence-electron chi connectivity index (χ2n) is 4.42. The Hall–Kier alpha value is -1.06. The molecule has 0 radical (unpaired) electrons. The van der Waals surface area contributed by atoms with Gasteiger partial charge in [-0.05, 0) is 19.3 Å². The first-order valence-electron chi connectivity index (χ1n) is 5.59. The lowest BCUT2D eigenvalue weighted by Crippen LogP contribution is -2.51. The van der Waals surface area contributed by atoms with E-state index in [-0.39, 0.29) is 23.8 Å². The number of amides is 2. The SMILES string of the molecule is CC[C@H](C)[C@@H](C(N)=O)N1C(=O)CCC1C. The maximum atomic E-state index is 11.7. The number of rotatable bonds is 4. The summed E-state index contributed by atoms with van der Waals surface area (Å²) in [7, 11) is 0. The van der Waals surface area contributed by atoms with Crippen LogP contribution in [-0.4, -0.2) is 28.8 Å². The molecule has 1 rings (SSSR count). The second kappa shape index (κ2) is 4.64. The third-order valence-corrected chi connectivity index (χ3v) is 3.31. The number of hydrogen-bond donors (Lipinski definition) is 1. The predicted octanol–water partition coefficient (Wildman–Crippen LogP) is 0.897. The van der Waals surface area contributed by atoms with E-state index >= 15 is 0 Å². The summed E-state index contributed by atoms with van der Waals surface area (Å²) in [5, 5.41) is 0. The Kier molecular flexibility index (Phi) is 3.72. The molecule has 1 aliphatic rings. The molecule has 0 aromatic carbocycles. The molecule has 1 fully saturated rings. The minimum absolute atomic E-state index is 0.0617. The quantitative estimate of drug-likeness (QED) is 0.752. The summed E-state index contributed by atoms with van der Waals surface area (Å²) >= 11 is 0. The van der Waals surface area contributed by atoms with Gasteiger partial charge in [0.15, 0.2) is 0 Å². The first-order chi connectivity index (χ1) is 6.99. The van der Waals surface area contributed by atoms with Gasteiger partial charge < -0.3 is 10.6 Å². The van der Waals surface area contributed by atoms with E-state index in [9.17, 15) is 9.59 Å². The first kappa shape index (κ1) is 12.0. The molecule has 0 aromatic rings. The molecule has 15 heavy (non-hydrogen) atoms. The van der Waals surface area contributed by atoms with Gasteiger partial charge in [0.25, 0.3) is 0 Å². The first-order valence-corrected chi connectivity index (χ1v) is 5.59. The fraction of sp³-hybridized carbons (Fsp3) is 0.818. The molecule has 2 N–H and O–H groups in total. The normalized spacial score (nSPS) is 25.4. The molecule has 3 atom stereocenters. The van der Waals surface area contributed by atoms with Crippen LogP contribution in [0.3, 0.4) is 0 Å². The van der Waals surface area contributed by atoms with Crippen LogP contribution in [0.25, 0.3) is 0 Å². The Bertz CT molecular complexity index is 265. The standard InChI is InChI=1S/C11H20N2O2/c1-4-7(2)10(11(12)15)13-8(3)5-6-9(13)14/h7-8,10H,4-6H2,1-3H3,(H2,12,15)/t7-,8?,10-/m0/s1. The molecule has 1 aliphatic heterocycles. The minimum Gasteiger partial charge on any atom is -0.368 e. The van der Waals surface area contributed by atoms with Gasteiger partial charge in [-0.2, -0.15) is 0 Å². The van der Waals surface area contributed by atoms with Gasteiger partial charge in [0, 0.05) is 12.5 Å². The van der Waals surface area contributed by atoms with Gasteiger partial charge in [0.2, 0.25) is 11.8 Å². The van der Waals surface area contributed by atoms with Crippen LogP contribution in [0.2, 0.25) is 0 Å². The number of carbonyl (C=O) groups excluding carboxylic acids is 2. The Balaban J connectivity index is 2.88. The third-order valence-electron chi connectivity index (χ3n) is 3.31. The molecule has 0 spiro atoms. The van der Waals surface area contributed by atoms with Gasteiger partial charge in [0.1, 0.15) is 6.04 Å². The fourth-order valence-electron chi connectivity index (χ4n) is 2.19. The van der Waals surface area contributed by atoms with E-state index in [1.165, 1.54) is 0 Å². The average Bonchev–Trinajstić information content (AvgIpc) is 2.49. The number of carbonyl (C=O) groups is 2. The molecular weight excluding hydrogens is 192 g/mol. The van der Waals surface area contributed by atoms with Crippen LogP contribution in [0.5, 0.6) is 0 Å². The highest BCUT2D eigenvalue weighted by atomic mass is 16.2. The molecule has 1 saturated heterocycles. The number of likely N-dealkylation sites (tertiary alicyclic amines) is 1. The van der Waals surface area contributed by atoms with Crippen molar-refractivity contribution < 1.29 is 9.59 Å². The van der Waals surface area contributed by atoms with Crippen molar-refractivity contribution in [2.45, 2.75) is 52.1 Å². The van der Waals surface area contributed by atoms with Crippen molar-refractivity contribution in [3.8, 4) is 0 Å². The van der Waals surface area contributed by atoms with Crippen LogP contribution < -0.4 is 5.73 Å². The van der Waals surface area contributed by atoms with Crippen molar-refractivity contribution in [2.24, 2.45) is 11.7 Å². The van der Waals surface area contributed by atoms with Crippen molar-refractivity contribution in [1.82, 2.24) is 4.90 Å². The molecule has 0 aromatic heterocycles. The van der Waals surface area contributed by atoms with Gasteiger partial charge >= 0.3 is 0 Å². The summed E-state index contributed by atoms with van der Waals surface area (Å²) in [5.41, 5.74) is 5.38. The topological polar surface area (TPSA) is 63.4 Å². The molecule has 1 heterocycles. The number of hydrogen-bond acceptors (Lipinski definition) is 2. The third kappa shape index (κ3) is 2.30. The van der Waals surface area contributed by atoms with Crippen molar-refractivity contribution in [3.05, 3.63) is 0 Å². The van der Waals surface area contributed by atoms with Gasteiger partial charge in [0.05, 0.1) is 0 Å². The van der Waals surface area contributed by atoms with Crippen LogP contribution in [0.15, 0.2) is 0 Å². The van der Waals surface area contributed by atoms with Gasteiger partial charge in [-0.1, -0.05) is 20.3 Å². The molecule has 0 saturated carbocycles. The largest absolute Gasteiger partial charge is 0.368 e. The number of primary amides is 1. The average molecular weight is 212 g/mol. The van der Waals surface area contributed by atoms with Crippen molar-refractivity contribution >= 4 is 11.8 Å². The molecule has 4 nitrogen and oxygen atoms in total. The molecule has 4 heteroatoms. The molecule has 1 unspecified atom stereocenters. The van der Waals surface area contributed by atoms with E-state index in [1.807, 2.05) is 20.8 Å². The smallest absolute Gasteiger partial charge is 0.240 e. The van der Waals surface area contributed by atoms with Gasteiger partial charge in [-0.25, -0.2) is 0 Å². The summed E-state index contributed by atoms with van der Waals surface area (Å²) in [6, 6.07) is -0.288. The van der Waals surface area contributed by atoms with E-state index in [0.29, 0.717) is 6.42 Å². The summed E-state index contributed by atoms with van der Waals surface area (Å²) in [6.07, 6.45) is 2.23. The lowest BCUT2D eigenvalue weighted by molar-refractivity contribution is -0.139. The van der Waals surface area contributed by atoms with E-state index in [1.54, 1.807) is 4.90 Å². The molecule has 86 valence electrons. The maximum absolute atomic E-state index is 11.7. The molecule has 0 aliphatic carbocycles. The monoisotopic (exact) mass is 212 g/mol. The summed E-state index contributed by atoms with van der Waals surface area (Å²) in [5.74, 6) is -0.190. The Morgan fingerprint density at radius 2 is 2.27 bits per heavy atom. The Morgan fingerprint density at radius 1 is 1.67 bits per heavy atom. The molecular formula is C11H20N2O2.